The van der Waals surface area contributed by atoms with Crippen molar-refractivity contribution in [3.63, 3.8) is 0 Å². The summed E-state index contributed by atoms with van der Waals surface area (Å²) < 4.78 is 13.3. The van der Waals surface area contributed by atoms with E-state index in [-0.39, 0.29) is 11.5 Å². The van der Waals surface area contributed by atoms with E-state index < -0.39 is 11.8 Å². The van der Waals surface area contributed by atoms with Gasteiger partial charge in [0, 0.05) is 13.0 Å². The number of carboxylic acid groups (broad SMARTS) is 1. The van der Waals surface area contributed by atoms with Gasteiger partial charge >= 0.3 is 5.97 Å². The number of benzene rings is 1. The van der Waals surface area contributed by atoms with Gasteiger partial charge in [0.05, 0.1) is 5.56 Å². The minimum Gasteiger partial charge on any atom is -0.478 e. The van der Waals surface area contributed by atoms with Crippen molar-refractivity contribution in [1.82, 2.24) is 5.32 Å². The maximum absolute atomic E-state index is 13.3. The van der Waals surface area contributed by atoms with Crippen molar-refractivity contribution in [2.45, 2.75) is 19.4 Å². The highest BCUT2D eigenvalue weighted by Crippen LogP contribution is 2.10. The zero-order valence-corrected chi connectivity index (χ0v) is 9.78. The first-order chi connectivity index (χ1) is 8.50. The van der Waals surface area contributed by atoms with Crippen molar-refractivity contribution < 1.29 is 19.1 Å². The van der Waals surface area contributed by atoms with E-state index in [0.717, 1.165) is 0 Å². The molecule has 0 unspecified atom stereocenters. The van der Waals surface area contributed by atoms with E-state index in [1.54, 1.807) is 6.07 Å². The normalized spacial score (nSPS) is 10.3. The number of amides is 1. The van der Waals surface area contributed by atoms with E-state index in [0.29, 0.717) is 31.5 Å². The monoisotopic (exact) mass is 254 g/mol. The molecular weight excluding hydrogens is 239 g/mol. The zero-order chi connectivity index (χ0) is 13.5. The topological polar surface area (TPSA) is 92.4 Å². The first-order valence-electron chi connectivity index (χ1n) is 5.51. The van der Waals surface area contributed by atoms with E-state index in [9.17, 15) is 14.0 Å². The molecule has 4 N–H and O–H groups in total. The van der Waals surface area contributed by atoms with E-state index in [4.69, 9.17) is 10.8 Å². The first-order valence-corrected chi connectivity index (χ1v) is 5.51. The molecule has 5 nitrogen and oxygen atoms in total. The molecule has 0 aromatic heterocycles. The highest BCUT2D eigenvalue weighted by Gasteiger charge is 2.09. The lowest BCUT2D eigenvalue weighted by molar-refractivity contribution is -0.118. The maximum Gasteiger partial charge on any atom is 0.338 e. The third-order valence-electron chi connectivity index (χ3n) is 2.37. The van der Waals surface area contributed by atoms with Crippen LogP contribution < -0.4 is 11.1 Å². The number of carbonyl (C=O) groups is 2. The van der Waals surface area contributed by atoms with Crippen molar-refractivity contribution in [3.05, 3.63) is 35.1 Å². The highest BCUT2D eigenvalue weighted by molar-refractivity contribution is 5.87. The van der Waals surface area contributed by atoms with Crippen LogP contribution in [0.15, 0.2) is 18.2 Å². The third kappa shape index (κ3) is 4.50. The van der Waals surface area contributed by atoms with Gasteiger partial charge in [-0.1, -0.05) is 6.07 Å². The molecule has 6 heteroatoms. The molecule has 0 aliphatic carbocycles. The molecule has 18 heavy (non-hydrogen) atoms. The Morgan fingerprint density at radius 2 is 2.11 bits per heavy atom. The lowest BCUT2D eigenvalue weighted by atomic mass is 10.1. The number of hydrogen-bond donors (Lipinski definition) is 3. The molecule has 0 saturated carbocycles. The Balaban J connectivity index is 2.42. The fourth-order valence-electron chi connectivity index (χ4n) is 1.46. The summed E-state index contributed by atoms with van der Waals surface area (Å²) in [5, 5.41) is 11.7. The number of rotatable bonds is 7. The fraction of sp³-hybridized carbons (Fsp3) is 0.333. The number of primary amides is 1. The second-order valence-electron chi connectivity index (χ2n) is 3.87. The molecule has 0 atom stereocenters. The number of carbonyl (C=O) groups excluding carboxylic acids is 1. The predicted octanol–water partition coefficient (Wildman–Crippen LogP) is 0.879. The Hall–Kier alpha value is -1.95. The molecule has 98 valence electrons. The number of halogens is 1. The Morgan fingerprint density at radius 1 is 1.39 bits per heavy atom. The van der Waals surface area contributed by atoms with E-state index in [1.165, 1.54) is 12.1 Å². The van der Waals surface area contributed by atoms with Gasteiger partial charge in [-0.05, 0) is 30.7 Å². The maximum atomic E-state index is 13.3. The van der Waals surface area contributed by atoms with Crippen LogP contribution in [0, 0.1) is 5.82 Å². The number of carboxylic acids is 1. The minimum absolute atomic E-state index is 0.305. The van der Waals surface area contributed by atoms with Crippen LogP contribution in [0.5, 0.6) is 0 Å². The van der Waals surface area contributed by atoms with E-state index >= 15 is 0 Å². The standard InChI is InChI=1S/C12H15FN2O3/c13-10-6-8(3-4-9(10)12(17)18)7-15-5-1-2-11(14)16/h3-4,6,15H,1-2,5,7H2,(H2,14,16)(H,17,18). The smallest absolute Gasteiger partial charge is 0.338 e. The molecule has 0 spiro atoms. The Kier molecular flexibility index (Phi) is 5.26. The highest BCUT2D eigenvalue weighted by atomic mass is 19.1. The lowest BCUT2D eigenvalue weighted by Gasteiger charge is -2.05. The molecule has 1 aromatic rings. The summed E-state index contributed by atoms with van der Waals surface area (Å²) in [4.78, 5) is 21.1. The fourth-order valence-corrected chi connectivity index (χ4v) is 1.46. The summed E-state index contributed by atoms with van der Waals surface area (Å²) in [6.07, 6.45) is 0.921. The molecular formula is C12H15FN2O3. The van der Waals surface area contributed by atoms with E-state index in [2.05, 4.69) is 5.32 Å². The Bertz CT molecular complexity index is 449. The summed E-state index contributed by atoms with van der Waals surface area (Å²) in [5.41, 5.74) is 5.29. The van der Waals surface area contributed by atoms with Crippen LogP contribution in [0.3, 0.4) is 0 Å². The van der Waals surface area contributed by atoms with Crippen LogP contribution in [0.2, 0.25) is 0 Å². The predicted molar refractivity (Wildman–Crippen MR) is 63.5 cm³/mol. The second-order valence-corrected chi connectivity index (χ2v) is 3.87. The van der Waals surface area contributed by atoms with Crippen LogP contribution in [0.25, 0.3) is 0 Å². The number of nitrogens with two attached hydrogens (primary N) is 1. The molecule has 0 aliphatic heterocycles. The van der Waals surface area contributed by atoms with Gasteiger partial charge in [-0.15, -0.1) is 0 Å². The van der Waals surface area contributed by atoms with Crippen molar-refractivity contribution in [2.24, 2.45) is 5.73 Å². The average Bonchev–Trinajstić information content (AvgIpc) is 2.27. The minimum atomic E-state index is -1.28. The number of hydrogen-bond acceptors (Lipinski definition) is 3. The van der Waals surface area contributed by atoms with Crippen molar-refractivity contribution in [1.29, 1.82) is 0 Å². The Morgan fingerprint density at radius 3 is 2.67 bits per heavy atom. The Labute approximate surface area is 104 Å². The molecule has 0 saturated heterocycles. The molecule has 1 amide bonds. The summed E-state index contributed by atoms with van der Waals surface area (Å²) in [5.74, 6) is -2.39. The third-order valence-corrected chi connectivity index (χ3v) is 2.37. The SMILES string of the molecule is NC(=O)CCCNCc1ccc(C(=O)O)c(F)c1. The summed E-state index contributed by atoms with van der Waals surface area (Å²) >= 11 is 0. The first kappa shape index (κ1) is 14.1. The van der Waals surface area contributed by atoms with Gasteiger partial charge in [-0.2, -0.15) is 0 Å². The largest absolute Gasteiger partial charge is 0.478 e. The summed E-state index contributed by atoms with van der Waals surface area (Å²) in [6, 6.07) is 3.97. The van der Waals surface area contributed by atoms with Gasteiger partial charge in [0.25, 0.3) is 0 Å². The molecule has 0 radical (unpaired) electrons. The van der Waals surface area contributed by atoms with Gasteiger partial charge < -0.3 is 16.2 Å². The summed E-state index contributed by atoms with van der Waals surface area (Å²) in [7, 11) is 0. The van der Waals surface area contributed by atoms with Crippen molar-refractivity contribution >= 4 is 11.9 Å². The van der Waals surface area contributed by atoms with Gasteiger partial charge in [0.1, 0.15) is 5.82 Å². The number of nitrogens with one attached hydrogen (secondary N) is 1. The quantitative estimate of drug-likeness (QED) is 0.630. The molecule has 0 aliphatic rings. The van der Waals surface area contributed by atoms with Gasteiger partial charge in [0.2, 0.25) is 5.91 Å². The molecule has 0 fully saturated rings. The van der Waals surface area contributed by atoms with Crippen molar-refractivity contribution in [2.75, 3.05) is 6.54 Å². The molecule has 1 aromatic carbocycles. The lowest BCUT2D eigenvalue weighted by Crippen LogP contribution is -2.18. The molecule has 0 bridgehead atoms. The number of aromatic carboxylic acids is 1. The van der Waals surface area contributed by atoms with Gasteiger partial charge in [-0.25, -0.2) is 9.18 Å². The molecule has 1 rings (SSSR count). The van der Waals surface area contributed by atoms with Gasteiger partial charge in [-0.3, -0.25) is 4.79 Å². The second kappa shape index (κ2) is 6.70. The van der Waals surface area contributed by atoms with Gasteiger partial charge in [0.15, 0.2) is 0 Å². The average molecular weight is 254 g/mol. The van der Waals surface area contributed by atoms with Crippen molar-refractivity contribution in [3.8, 4) is 0 Å². The van der Waals surface area contributed by atoms with Crippen LogP contribution in [0.4, 0.5) is 4.39 Å². The zero-order valence-electron chi connectivity index (χ0n) is 9.78. The molecule has 0 heterocycles. The summed E-state index contributed by atoms with van der Waals surface area (Å²) in [6.45, 7) is 1.00. The van der Waals surface area contributed by atoms with Crippen LogP contribution in [0.1, 0.15) is 28.8 Å². The van der Waals surface area contributed by atoms with Crippen LogP contribution in [-0.4, -0.2) is 23.5 Å². The van der Waals surface area contributed by atoms with E-state index in [1.807, 2.05) is 0 Å². The van der Waals surface area contributed by atoms with Crippen LogP contribution >= 0.6 is 0 Å². The van der Waals surface area contributed by atoms with Crippen LogP contribution in [-0.2, 0) is 11.3 Å².